The Morgan fingerprint density at radius 3 is 2.75 bits per heavy atom. The summed E-state index contributed by atoms with van der Waals surface area (Å²) in [6.07, 6.45) is 5.38. The van der Waals surface area contributed by atoms with E-state index < -0.39 is 23.4 Å². The van der Waals surface area contributed by atoms with Gasteiger partial charge in [-0.05, 0) is 44.7 Å². The molecule has 2 aliphatic heterocycles. The number of piperidine rings is 1. The van der Waals surface area contributed by atoms with Gasteiger partial charge < -0.3 is 23.9 Å². The predicted molar refractivity (Wildman–Crippen MR) is 150 cm³/mol. The van der Waals surface area contributed by atoms with Gasteiger partial charge in [-0.1, -0.05) is 0 Å². The number of halogens is 3. The molecule has 0 saturated carbocycles. The molecular weight excluding hydrogens is 581 g/mol. The number of pyridine rings is 1. The average Bonchev–Trinajstić information content (AvgIpc) is 3.63. The zero-order valence-electron chi connectivity index (χ0n) is 24.0. The standard InChI is InChI=1S/C30H31F3N6O5/c1-17-9-20(44-27-4-6-34-25(36-27)16-43-29-23(33)12-19(31)13-35-29)5-7-38(17)15-26-37-28-22(32)10-18(30(40)41)11-24(28)39(26)14-21-3-2-8-42-21/h4,6,10-13,17,20-21H,2-3,5,7-9,14-16H2,1H3,(H,40,41)/t17-,20-,21-/m0/s1. The Morgan fingerprint density at radius 2 is 2.00 bits per heavy atom. The zero-order chi connectivity index (χ0) is 30.8. The normalized spacial score (nSPS) is 20.7. The highest BCUT2D eigenvalue weighted by Gasteiger charge is 2.30. The average molecular weight is 613 g/mol. The van der Waals surface area contributed by atoms with Crippen molar-refractivity contribution in [1.29, 1.82) is 0 Å². The number of rotatable bonds is 10. The van der Waals surface area contributed by atoms with Crippen LogP contribution in [0.5, 0.6) is 11.8 Å². The Bertz CT molecular complexity index is 1660. The summed E-state index contributed by atoms with van der Waals surface area (Å²) in [5, 5.41) is 9.50. The number of carbonyl (C=O) groups is 1. The van der Waals surface area contributed by atoms with Gasteiger partial charge in [-0.2, -0.15) is 4.98 Å². The first-order chi connectivity index (χ1) is 21.2. The minimum Gasteiger partial charge on any atom is -0.478 e. The molecule has 1 N–H and O–H groups in total. The maximum atomic E-state index is 15.0. The van der Waals surface area contributed by atoms with Crippen LogP contribution in [-0.4, -0.2) is 71.9 Å². The summed E-state index contributed by atoms with van der Waals surface area (Å²) in [6.45, 7) is 4.15. The molecule has 4 aromatic rings. The first-order valence-electron chi connectivity index (χ1n) is 14.4. The second-order valence-corrected chi connectivity index (χ2v) is 11.0. The van der Waals surface area contributed by atoms with Gasteiger partial charge in [0.15, 0.2) is 17.5 Å². The summed E-state index contributed by atoms with van der Waals surface area (Å²) in [7, 11) is 0. The molecular formula is C30H31F3N6O5. The summed E-state index contributed by atoms with van der Waals surface area (Å²) >= 11 is 0. The van der Waals surface area contributed by atoms with Gasteiger partial charge in [0.2, 0.25) is 5.88 Å². The minimum atomic E-state index is -1.20. The van der Waals surface area contributed by atoms with E-state index in [4.69, 9.17) is 14.2 Å². The number of carboxylic acid groups (broad SMARTS) is 1. The fourth-order valence-corrected chi connectivity index (χ4v) is 5.70. The van der Waals surface area contributed by atoms with Crippen molar-refractivity contribution in [2.24, 2.45) is 0 Å². The molecule has 2 fully saturated rings. The molecule has 3 atom stereocenters. The largest absolute Gasteiger partial charge is 0.478 e. The Morgan fingerprint density at radius 1 is 1.14 bits per heavy atom. The Kier molecular flexibility index (Phi) is 8.62. The van der Waals surface area contributed by atoms with Gasteiger partial charge >= 0.3 is 5.97 Å². The lowest BCUT2D eigenvalue weighted by Gasteiger charge is -2.37. The topological polar surface area (TPSA) is 125 Å². The SMILES string of the molecule is C[C@H]1C[C@@H](Oc2ccnc(COc3ncc(F)cc3F)n2)CCN1Cc1nc2c(F)cc(C(=O)O)cc2n1C[C@@H]1CCCO1. The molecule has 11 nitrogen and oxygen atoms in total. The van der Waals surface area contributed by atoms with Gasteiger partial charge in [-0.3, -0.25) is 4.90 Å². The molecule has 0 aliphatic carbocycles. The zero-order valence-corrected chi connectivity index (χ0v) is 24.0. The molecule has 3 aromatic heterocycles. The van der Waals surface area contributed by atoms with Crippen molar-refractivity contribution in [3.63, 3.8) is 0 Å². The quantitative estimate of drug-likeness (QED) is 0.273. The van der Waals surface area contributed by atoms with Gasteiger partial charge in [0.25, 0.3) is 5.88 Å². The summed E-state index contributed by atoms with van der Waals surface area (Å²) in [5.41, 5.74) is 0.468. The summed E-state index contributed by atoms with van der Waals surface area (Å²) in [6, 6.07) is 4.88. The van der Waals surface area contributed by atoms with Crippen molar-refractivity contribution in [1.82, 2.24) is 29.4 Å². The number of carboxylic acids is 1. The number of benzene rings is 1. The fourth-order valence-electron chi connectivity index (χ4n) is 5.70. The molecule has 232 valence electrons. The van der Waals surface area contributed by atoms with Gasteiger partial charge in [0, 0.05) is 37.5 Å². The van der Waals surface area contributed by atoms with E-state index in [1.54, 1.807) is 6.07 Å². The van der Waals surface area contributed by atoms with E-state index in [-0.39, 0.29) is 47.6 Å². The van der Waals surface area contributed by atoms with Crippen LogP contribution in [0.15, 0.2) is 36.7 Å². The number of aromatic carboxylic acids is 1. The summed E-state index contributed by atoms with van der Waals surface area (Å²) in [4.78, 5) is 30.6. The maximum absolute atomic E-state index is 15.0. The van der Waals surface area contributed by atoms with Gasteiger partial charge in [0.05, 0.1) is 36.5 Å². The monoisotopic (exact) mass is 612 g/mol. The van der Waals surface area contributed by atoms with Gasteiger partial charge in [0.1, 0.15) is 29.9 Å². The third kappa shape index (κ3) is 6.60. The minimum absolute atomic E-state index is 0.0478. The van der Waals surface area contributed by atoms with Crippen LogP contribution < -0.4 is 9.47 Å². The first kappa shape index (κ1) is 29.8. The number of aromatic nitrogens is 5. The molecule has 2 aliphatic rings. The number of ether oxygens (including phenoxy) is 3. The van der Waals surface area contributed by atoms with Crippen molar-refractivity contribution >= 4 is 17.0 Å². The van der Waals surface area contributed by atoms with Crippen LogP contribution in [-0.2, 0) is 24.4 Å². The number of nitrogens with zero attached hydrogens (tertiary/aromatic N) is 6. The molecule has 5 heterocycles. The molecule has 0 radical (unpaired) electrons. The van der Waals surface area contributed by atoms with Crippen LogP contribution in [0.4, 0.5) is 13.2 Å². The predicted octanol–water partition coefficient (Wildman–Crippen LogP) is 4.53. The lowest BCUT2D eigenvalue weighted by atomic mass is 10.0. The van der Waals surface area contributed by atoms with E-state index in [1.165, 1.54) is 12.3 Å². The highest BCUT2D eigenvalue weighted by atomic mass is 19.1. The Labute approximate surface area is 250 Å². The highest BCUT2D eigenvalue weighted by Crippen LogP contribution is 2.28. The van der Waals surface area contributed by atoms with Crippen molar-refractivity contribution in [3.8, 4) is 11.8 Å². The third-order valence-corrected chi connectivity index (χ3v) is 7.93. The van der Waals surface area contributed by atoms with Crippen LogP contribution in [0.1, 0.15) is 54.6 Å². The Balaban J connectivity index is 1.12. The van der Waals surface area contributed by atoms with Gasteiger partial charge in [-0.15, -0.1) is 0 Å². The molecule has 44 heavy (non-hydrogen) atoms. The molecule has 0 amide bonds. The molecule has 1 aromatic carbocycles. The van der Waals surface area contributed by atoms with Crippen molar-refractivity contribution in [2.45, 2.75) is 70.6 Å². The van der Waals surface area contributed by atoms with Crippen LogP contribution >= 0.6 is 0 Å². The number of hydrogen-bond donors (Lipinski definition) is 1. The van der Waals surface area contributed by atoms with E-state index in [0.717, 1.165) is 25.1 Å². The number of likely N-dealkylation sites (tertiary alicyclic amines) is 1. The Hall–Kier alpha value is -4.30. The number of imidazole rings is 1. The van der Waals surface area contributed by atoms with Crippen molar-refractivity contribution < 1.29 is 37.3 Å². The lowest BCUT2D eigenvalue weighted by Crippen LogP contribution is -2.44. The molecule has 6 rings (SSSR count). The fraction of sp³-hybridized carbons (Fsp3) is 0.433. The van der Waals surface area contributed by atoms with Gasteiger partial charge in [-0.25, -0.2) is 32.9 Å². The lowest BCUT2D eigenvalue weighted by molar-refractivity contribution is 0.0524. The van der Waals surface area contributed by atoms with Crippen LogP contribution in [0.2, 0.25) is 0 Å². The smallest absolute Gasteiger partial charge is 0.335 e. The molecule has 14 heteroatoms. The number of hydrogen-bond acceptors (Lipinski definition) is 9. The van der Waals surface area contributed by atoms with E-state index >= 15 is 0 Å². The molecule has 0 spiro atoms. The van der Waals surface area contributed by atoms with E-state index in [2.05, 4.69) is 31.8 Å². The number of fused-ring (bicyclic) bond motifs is 1. The van der Waals surface area contributed by atoms with Crippen molar-refractivity contribution in [2.75, 3.05) is 13.2 Å². The van der Waals surface area contributed by atoms with Crippen LogP contribution in [0, 0.1) is 17.5 Å². The van der Waals surface area contributed by atoms with Crippen molar-refractivity contribution in [3.05, 3.63) is 71.3 Å². The van der Waals surface area contributed by atoms with E-state index in [0.29, 0.717) is 62.4 Å². The first-order valence-corrected chi connectivity index (χ1v) is 14.4. The molecule has 0 unspecified atom stereocenters. The second-order valence-electron chi connectivity index (χ2n) is 11.0. The van der Waals surface area contributed by atoms with Crippen LogP contribution in [0.25, 0.3) is 11.0 Å². The third-order valence-electron chi connectivity index (χ3n) is 7.93. The summed E-state index contributed by atoms with van der Waals surface area (Å²) in [5.74, 6) is -2.69. The highest BCUT2D eigenvalue weighted by molar-refractivity contribution is 5.92. The summed E-state index contributed by atoms with van der Waals surface area (Å²) < 4.78 is 61.1. The maximum Gasteiger partial charge on any atom is 0.335 e. The molecule has 2 saturated heterocycles. The van der Waals surface area contributed by atoms with E-state index in [9.17, 15) is 23.1 Å². The van der Waals surface area contributed by atoms with E-state index in [1.807, 2.05) is 4.57 Å². The molecule has 0 bridgehead atoms. The van der Waals surface area contributed by atoms with Crippen LogP contribution in [0.3, 0.4) is 0 Å². The second kappa shape index (κ2) is 12.7.